The van der Waals surface area contributed by atoms with Crippen molar-refractivity contribution in [3.8, 4) is 0 Å². The third-order valence-corrected chi connectivity index (χ3v) is 7.57. The molecular weight excluding hydrogens is 279 g/mol. The molecule has 1 N–H and O–H groups in total. The van der Waals surface area contributed by atoms with Crippen molar-refractivity contribution in [3.63, 3.8) is 0 Å². The molecule has 128 valence electrons. The van der Waals surface area contributed by atoms with Crippen molar-refractivity contribution in [3.05, 3.63) is 0 Å². The van der Waals surface area contributed by atoms with E-state index in [9.17, 15) is 9.46 Å². The van der Waals surface area contributed by atoms with Crippen molar-refractivity contribution in [2.75, 3.05) is 6.16 Å². The van der Waals surface area contributed by atoms with Gasteiger partial charge < -0.3 is 4.89 Å². The minimum absolute atomic E-state index is 0.0271. The Hall–Kier alpha value is 0.190. The van der Waals surface area contributed by atoms with E-state index in [1.165, 1.54) is 25.7 Å². The summed E-state index contributed by atoms with van der Waals surface area (Å²) in [5.41, 5.74) is -0.0271. The summed E-state index contributed by atoms with van der Waals surface area (Å²) in [6, 6.07) is 0. The number of rotatable bonds is 13. The second kappa shape index (κ2) is 11.7. The summed E-state index contributed by atoms with van der Waals surface area (Å²) in [4.78, 5) is 10.5. The number of hydrogen-bond acceptors (Lipinski definition) is 1. The van der Waals surface area contributed by atoms with Crippen molar-refractivity contribution >= 4 is 7.37 Å². The van der Waals surface area contributed by atoms with E-state index in [1.807, 2.05) is 6.92 Å². The van der Waals surface area contributed by atoms with Gasteiger partial charge in [-0.05, 0) is 24.7 Å². The van der Waals surface area contributed by atoms with Crippen LogP contribution in [0.1, 0.15) is 92.4 Å². The zero-order chi connectivity index (χ0) is 16.3. The SMILES string of the molecule is CCCCC(CP(=O)(O)C(C)CCCC)C(CC)CCC. The molecular formula is C18H39O2P. The van der Waals surface area contributed by atoms with Gasteiger partial charge in [0, 0.05) is 11.8 Å². The van der Waals surface area contributed by atoms with Crippen LogP contribution in [0.2, 0.25) is 0 Å². The molecule has 0 heterocycles. The summed E-state index contributed by atoms with van der Waals surface area (Å²) in [6.45, 7) is 10.8. The second-order valence-corrected chi connectivity index (χ2v) is 9.55. The van der Waals surface area contributed by atoms with E-state index in [-0.39, 0.29) is 5.66 Å². The van der Waals surface area contributed by atoms with Gasteiger partial charge >= 0.3 is 0 Å². The predicted octanol–water partition coefficient (Wildman–Crippen LogP) is 6.47. The lowest BCUT2D eigenvalue weighted by atomic mass is 9.84. The maximum atomic E-state index is 12.8. The van der Waals surface area contributed by atoms with Gasteiger partial charge in [-0.2, -0.15) is 0 Å². The van der Waals surface area contributed by atoms with E-state index < -0.39 is 7.37 Å². The molecule has 3 heteroatoms. The largest absolute Gasteiger partial charge is 0.344 e. The van der Waals surface area contributed by atoms with Crippen LogP contribution in [-0.4, -0.2) is 16.7 Å². The fourth-order valence-electron chi connectivity index (χ4n) is 3.30. The number of hydrogen-bond donors (Lipinski definition) is 1. The highest BCUT2D eigenvalue weighted by Gasteiger charge is 2.32. The summed E-state index contributed by atoms with van der Waals surface area (Å²) in [5, 5.41) is 0. The first-order valence-electron chi connectivity index (χ1n) is 9.24. The zero-order valence-electron chi connectivity index (χ0n) is 15.1. The van der Waals surface area contributed by atoms with Gasteiger partial charge in [-0.25, -0.2) is 0 Å². The van der Waals surface area contributed by atoms with Crippen LogP contribution in [0.5, 0.6) is 0 Å². The molecule has 0 aromatic rings. The van der Waals surface area contributed by atoms with Crippen LogP contribution < -0.4 is 0 Å². The van der Waals surface area contributed by atoms with E-state index in [1.54, 1.807) is 0 Å². The maximum Gasteiger partial charge on any atom is 0.203 e. The van der Waals surface area contributed by atoms with Gasteiger partial charge in [-0.1, -0.05) is 79.6 Å². The third kappa shape index (κ3) is 8.41. The highest BCUT2D eigenvalue weighted by atomic mass is 31.2. The Balaban J connectivity index is 4.78. The Morgan fingerprint density at radius 2 is 1.43 bits per heavy atom. The summed E-state index contributed by atoms with van der Waals surface area (Å²) in [6.07, 6.45) is 10.6. The summed E-state index contributed by atoms with van der Waals surface area (Å²) in [5.74, 6) is 1.07. The van der Waals surface area contributed by atoms with E-state index >= 15 is 0 Å². The van der Waals surface area contributed by atoms with Gasteiger partial charge in [0.05, 0.1) is 0 Å². The Bertz CT molecular complexity index is 291. The first kappa shape index (κ1) is 21.2. The van der Waals surface area contributed by atoms with E-state index in [0.717, 1.165) is 32.1 Å². The normalized spacial score (nSPS) is 19.0. The molecule has 0 aliphatic heterocycles. The smallest absolute Gasteiger partial charge is 0.203 e. The molecule has 0 amide bonds. The Morgan fingerprint density at radius 3 is 1.90 bits per heavy atom. The monoisotopic (exact) mass is 318 g/mol. The van der Waals surface area contributed by atoms with Crippen molar-refractivity contribution in [2.45, 2.75) is 98.1 Å². The molecule has 4 unspecified atom stereocenters. The van der Waals surface area contributed by atoms with Crippen LogP contribution in [0.4, 0.5) is 0 Å². The second-order valence-electron chi connectivity index (χ2n) is 6.79. The molecule has 0 radical (unpaired) electrons. The molecule has 0 aromatic carbocycles. The lowest BCUT2D eigenvalue weighted by Gasteiger charge is -2.30. The van der Waals surface area contributed by atoms with Crippen LogP contribution in [0.3, 0.4) is 0 Å². The van der Waals surface area contributed by atoms with Crippen LogP contribution in [0.25, 0.3) is 0 Å². The summed E-state index contributed by atoms with van der Waals surface area (Å²) < 4.78 is 12.8. The lowest BCUT2D eigenvalue weighted by molar-refractivity contribution is 0.294. The molecule has 0 saturated carbocycles. The molecule has 0 aliphatic rings. The summed E-state index contributed by atoms with van der Waals surface area (Å²) >= 11 is 0. The van der Waals surface area contributed by atoms with Crippen LogP contribution in [0, 0.1) is 11.8 Å². The van der Waals surface area contributed by atoms with Crippen LogP contribution in [0.15, 0.2) is 0 Å². The maximum absolute atomic E-state index is 12.8. The molecule has 4 atom stereocenters. The van der Waals surface area contributed by atoms with Crippen LogP contribution >= 0.6 is 7.37 Å². The van der Waals surface area contributed by atoms with Gasteiger partial charge in [0.25, 0.3) is 0 Å². The molecule has 0 rings (SSSR count). The lowest BCUT2D eigenvalue weighted by Crippen LogP contribution is -2.21. The molecule has 0 aromatic heterocycles. The highest BCUT2D eigenvalue weighted by Crippen LogP contribution is 2.51. The first-order valence-corrected chi connectivity index (χ1v) is 11.2. The Morgan fingerprint density at radius 1 is 0.857 bits per heavy atom. The van der Waals surface area contributed by atoms with Crippen molar-refractivity contribution < 1.29 is 9.46 Å². The van der Waals surface area contributed by atoms with Crippen molar-refractivity contribution in [2.24, 2.45) is 11.8 Å². The standard InChI is InChI=1S/C18H39O2P/c1-6-10-13-16(5)21(19,20)15-18(14-11-7-2)17(9-4)12-8-3/h16-18H,6-15H2,1-5H3,(H,19,20). The Kier molecular flexibility index (Phi) is 11.8. The highest BCUT2D eigenvalue weighted by molar-refractivity contribution is 7.58. The van der Waals surface area contributed by atoms with Gasteiger partial charge in [-0.15, -0.1) is 0 Å². The fourth-order valence-corrected chi connectivity index (χ4v) is 5.40. The summed E-state index contributed by atoms with van der Waals surface area (Å²) in [7, 11) is -3.00. The van der Waals surface area contributed by atoms with Gasteiger partial charge in [0.2, 0.25) is 7.37 Å². The zero-order valence-corrected chi connectivity index (χ0v) is 16.0. The predicted molar refractivity (Wildman–Crippen MR) is 95.4 cm³/mol. The molecule has 0 aliphatic carbocycles. The first-order chi connectivity index (χ1) is 9.92. The molecule has 0 bridgehead atoms. The molecule has 0 fully saturated rings. The minimum Gasteiger partial charge on any atom is -0.344 e. The molecule has 21 heavy (non-hydrogen) atoms. The van der Waals surface area contributed by atoms with Crippen LogP contribution in [-0.2, 0) is 4.57 Å². The van der Waals surface area contributed by atoms with Gasteiger partial charge in [0.15, 0.2) is 0 Å². The fraction of sp³-hybridized carbons (Fsp3) is 1.00. The number of unbranched alkanes of at least 4 members (excludes halogenated alkanes) is 2. The van der Waals surface area contributed by atoms with Crippen molar-refractivity contribution in [1.29, 1.82) is 0 Å². The topological polar surface area (TPSA) is 37.3 Å². The minimum atomic E-state index is -3.00. The van der Waals surface area contributed by atoms with Gasteiger partial charge in [0.1, 0.15) is 0 Å². The molecule has 2 nitrogen and oxygen atoms in total. The quantitative estimate of drug-likeness (QED) is 0.395. The van der Waals surface area contributed by atoms with E-state index in [2.05, 4.69) is 27.7 Å². The van der Waals surface area contributed by atoms with E-state index in [4.69, 9.17) is 0 Å². The molecule has 0 saturated heterocycles. The van der Waals surface area contributed by atoms with E-state index in [0.29, 0.717) is 18.0 Å². The Labute approximate surface area is 133 Å². The molecule has 0 spiro atoms. The van der Waals surface area contributed by atoms with Gasteiger partial charge in [-0.3, -0.25) is 4.57 Å². The third-order valence-electron chi connectivity index (χ3n) is 4.94. The average Bonchev–Trinajstić information content (AvgIpc) is 2.46. The average molecular weight is 318 g/mol. The van der Waals surface area contributed by atoms with Crippen molar-refractivity contribution in [1.82, 2.24) is 0 Å².